The molecular weight excluding hydrogens is 208 g/mol. The average molecular weight is 225 g/mol. The molecule has 1 nitrogen and oxygen atoms in total. The van der Waals surface area contributed by atoms with Gasteiger partial charge in [-0.25, -0.2) is 0 Å². The van der Waals surface area contributed by atoms with E-state index < -0.39 is 0 Å². The van der Waals surface area contributed by atoms with E-state index in [4.69, 9.17) is 11.6 Å². The van der Waals surface area contributed by atoms with Crippen LogP contribution in [0.5, 0.6) is 0 Å². The normalized spacial score (nSPS) is 12.4. The Morgan fingerprint density at radius 2 is 1.93 bits per heavy atom. The van der Waals surface area contributed by atoms with Gasteiger partial charge in [0.05, 0.1) is 5.38 Å². The van der Waals surface area contributed by atoms with Gasteiger partial charge in [-0.3, -0.25) is 4.79 Å². The van der Waals surface area contributed by atoms with Crippen LogP contribution in [0.3, 0.4) is 0 Å². The molecule has 2 heteroatoms. The number of Topliss-reactive ketones (excluding diaryl/α,β-unsaturated/α-hetero) is 1. The number of rotatable bonds is 6. The lowest BCUT2D eigenvalue weighted by atomic mass is 10.0. The summed E-state index contributed by atoms with van der Waals surface area (Å²) in [7, 11) is 0. The van der Waals surface area contributed by atoms with E-state index in [9.17, 15) is 4.79 Å². The molecule has 0 radical (unpaired) electrons. The van der Waals surface area contributed by atoms with Crippen molar-refractivity contribution in [3.05, 3.63) is 35.9 Å². The van der Waals surface area contributed by atoms with Crippen molar-refractivity contribution in [3.8, 4) is 0 Å². The largest absolute Gasteiger partial charge is 0.293 e. The predicted molar refractivity (Wildman–Crippen MR) is 64.6 cm³/mol. The molecule has 1 aromatic rings. The summed E-state index contributed by atoms with van der Waals surface area (Å²) in [6, 6.07) is 9.26. The van der Waals surface area contributed by atoms with Crippen LogP contribution >= 0.6 is 11.6 Å². The second-order valence-corrected chi connectivity index (χ2v) is 4.22. The summed E-state index contributed by atoms with van der Waals surface area (Å²) in [5, 5.41) is -0.362. The summed E-state index contributed by atoms with van der Waals surface area (Å²) < 4.78 is 0. The van der Waals surface area contributed by atoms with Gasteiger partial charge < -0.3 is 0 Å². The number of halogens is 1. The standard InChI is InChI=1S/C13H17ClO/c1-2-3-5-10-12(14)13(15)11-8-6-4-7-9-11/h4,6-9,12H,2-3,5,10H2,1H3. The van der Waals surface area contributed by atoms with E-state index in [0.717, 1.165) is 25.7 Å². The van der Waals surface area contributed by atoms with Crippen LogP contribution in [0.2, 0.25) is 0 Å². The molecule has 0 saturated carbocycles. The van der Waals surface area contributed by atoms with Crippen LogP contribution in [0.1, 0.15) is 43.0 Å². The van der Waals surface area contributed by atoms with E-state index >= 15 is 0 Å². The third kappa shape index (κ3) is 4.05. The third-order valence-corrected chi connectivity index (χ3v) is 2.82. The molecule has 0 spiro atoms. The van der Waals surface area contributed by atoms with E-state index in [1.165, 1.54) is 0 Å². The van der Waals surface area contributed by atoms with E-state index in [2.05, 4.69) is 6.92 Å². The molecule has 0 N–H and O–H groups in total. The van der Waals surface area contributed by atoms with Crippen molar-refractivity contribution in [3.63, 3.8) is 0 Å². The molecule has 1 atom stereocenters. The maximum Gasteiger partial charge on any atom is 0.180 e. The van der Waals surface area contributed by atoms with Gasteiger partial charge >= 0.3 is 0 Å². The summed E-state index contributed by atoms with van der Waals surface area (Å²) in [5.41, 5.74) is 0.717. The lowest BCUT2D eigenvalue weighted by molar-refractivity contribution is 0.0983. The van der Waals surface area contributed by atoms with Gasteiger partial charge in [-0.05, 0) is 6.42 Å². The molecule has 15 heavy (non-hydrogen) atoms. The van der Waals surface area contributed by atoms with E-state index in [1.807, 2.05) is 30.3 Å². The number of benzene rings is 1. The predicted octanol–water partition coefficient (Wildman–Crippen LogP) is 4.06. The SMILES string of the molecule is CCCCCC(Cl)C(=O)c1ccccc1. The lowest BCUT2D eigenvalue weighted by Crippen LogP contribution is -2.14. The first kappa shape index (κ1) is 12.3. The molecule has 0 bridgehead atoms. The number of carbonyl (C=O) groups is 1. The van der Waals surface area contributed by atoms with Crippen molar-refractivity contribution in [2.75, 3.05) is 0 Å². The van der Waals surface area contributed by atoms with Gasteiger partial charge in [0, 0.05) is 5.56 Å². The van der Waals surface area contributed by atoms with Gasteiger partial charge in [0.15, 0.2) is 5.78 Å². The Kier molecular flexibility index (Phi) is 5.41. The number of ketones is 1. The summed E-state index contributed by atoms with van der Waals surface area (Å²) in [4.78, 5) is 11.8. The molecule has 0 saturated heterocycles. The van der Waals surface area contributed by atoms with Crippen LogP contribution in [0.4, 0.5) is 0 Å². The molecular formula is C13H17ClO. The van der Waals surface area contributed by atoms with Crippen LogP contribution in [0, 0.1) is 0 Å². The van der Waals surface area contributed by atoms with E-state index in [0.29, 0.717) is 5.56 Å². The van der Waals surface area contributed by atoms with Crippen molar-refractivity contribution in [1.82, 2.24) is 0 Å². The van der Waals surface area contributed by atoms with E-state index in [-0.39, 0.29) is 11.2 Å². The molecule has 0 fully saturated rings. The van der Waals surface area contributed by atoms with Crippen molar-refractivity contribution < 1.29 is 4.79 Å². The smallest absolute Gasteiger partial charge is 0.180 e. The van der Waals surface area contributed by atoms with Crippen LogP contribution in [0.25, 0.3) is 0 Å². The quantitative estimate of drug-likeness (QED) is 0.405. The molecule has 1 unspecified atom stereocenters. The number of alkyl halides is 1. The molecule has 0 heterocycles. The second kappa shape index (κ2) is 6.62. The third-order valence-electron chi connectivity index (χ3n) is 2.40. The van der Waals surface area contributed by atoms with Crippen molar-refractivity contribution in [1.29, 1.82) is 0 Å². The Hall–Kier alpha value is -0.820. The van der Waals surface area contributed by atoms with Crippen LogP contribution in [-0.2, 0) is 0 Å². The maximum atomic E-state index is 11.8. The molecule has 1 aromatic carbocycles. The van der Waals surface area contributed by atoms with Crippen LogP contribution in [-0.4, -0.2) is 11.2 Å². The van der Waals surface area contributed by atoms with Crippen molar-refractivity contribution in [2.24, 2.45) is 0 Å². The summed E-state index contributed by atoms with van der Waals surface area (Å²) in [6.07, 6.45) is 4.11. The highest BCUT2D eigenvalue weighted by molar-refractivity contribution is 6.33. The fourth-order valence-corrected chi connectivity index (χ4v) is 1.77. The monoisotopic (exact) mass is 224 g/mol. The Balaban J connectivity index is 2.46. The second-order valence-electron chi connectivity index (χ2n) is 3.69. The minimum atomic E-state index is -0.362. The van der Waals surface area contributed by atoms with Crippen LogP contribution in [0.15, 0.2) is 30.3 Å². The Morgan fingerprint density at radius 1 is 1.27 bits per heavy atom. The molecule has 0 aromatic heterocycles. The fraction of sp³-hybridized carbons (Fsp3) is 0.462. The van der Waals surface area contributed by atoms with Gasteiger partial charge in [-0.1, -0.05) is 56.5 Å². The highest BCUT2D eigenvalue weighted by Gasteiger charge is 2.15. The number of hydrogen-bond donors (Lipinski definition) is 0. The van der Waals surface area contributed by atoms with Gasteiger partial charge in [0.25, 0.3) is 0 Å². The lowest BCUT2D eigenvalue weighted by Gasteiger charge is -2.07. The summed E-state index contributed by atoms with van der Waals surface area (Å²) >= 11 is 6.05. The van der Waals surface area contributed by atoms with Gasteiger partial charge in [-0.2, -0.15) is 0 Å². The topological polar surface area (TPSA) is 17.1 Å². The number of carbonyl (C=O) groups excluding carboxylic acids is 1. The average Bonchev–Trinajstić information content (AvgIpc) is 2.29. The minimum Gasteiger partial charge on any atom is -0.293 e. The molecule has 1 rings (SSSR count). The maximum absolute atomic E-state index is 11.8. The zero-order valence-electron chi connectivity index (χ0n) is 9.08. The van der Waals surface area contributed by atoms with Crippen molar-refractivity contribution >= 4 is 17.4 Å². The Labute approximate surface area is 96.5 Å². The highest BCUT2D eigenvalue weighted by Crippen LogP contribution is 2.14. The minimum absolute atomic E-state index is 0.0494. The Bertz CT molecular complexity index is 295. The zero-order chi connectivity index (χ0) is 11.1. The molecule has 0 aliphatic heterocycles. The first-order valence-corrected chi connectivity index (χ1v) is 5.92. The fourth-order valence-electron chi connectivity index (χ4n) is 1.49. The van der Waals surface area contributed by atoms with Gasteiger partial charge in [0.2, 0.25) is 0 Å². The first-order chi connectivity index (χ1) is 7.25. The van der Waals surface area contributed by atoms with Crippen molar-refractivity contribution in [2.45, 2.75) is 38.0 Å². The van der Waals surface area contributed by atoms with Gasteiger partial charge in [-0.15, -0.1) is 11.6 Å². The summed E-state index contributed by atoms with van der Waals surface area (Å²) in [6.45, 7) is 2.14. The van der Waals surface area contributed by atoms with E-state index in [1.54, 1.807) is 0 Å². The Morgan fingerprint density at radius 3 is 2.53 bits per heavy atom. The molecule has 82 valence electrons. The zero-order valence-corrected chi connectivity index (χ0v) is 9.83. The first-order valence-electron chi connectivity index (χ1n) is 5.49. The highest BCUT2D eigenvalue weighted by atomic mass is 35.5. The van der Waals surface area contributed by atoms with Crippen LogP contribution < -0.4 is 0 Å². The van der Waals surface area contributed by atoms with Gasteiger partial charge in [0.1, 0.15) is 0 Å². The summed E-state index contributed by atoms with van der Waals surface area (Å²) in [5.74, 6) is 0.0494. The number of hydrogen-bond acceptors (Lipinski definition) is 1. The molecule has 0 aliphatic carbocycles. The molecule has 0 amide bonds. The molecule has 0 aliphatic rings. The number of unbranched alkanes of at least 4 members (excludes halogenated alkanes) is 2.